The molecule has 0 saturated carbocycles. The lowest BCUT2D eigenvalue weighted by Crippen LogP contribution is -2.29. The van der Waals surface area contributed by atoms with Gasteiger partial charge in [-0.05, 0) is 12.1 Å². The average molecular weight is 230 g/mol. The van der Waals surface area contributed by atoms with Gasteiger partial charge in [0.2, 0.25) is 0 Å². The number of ether oxygens (including phenoxy) is 1. The molecule has 1 atom stereocenters. The molecule has 0 amide bonds. The van der Waals surface area contributed by atoms with Crippen LogP contribution in [0.25, 0.3) is 5.65 Å². The Hall–Kier alpha value is -1.68. The molecular weight excluding hydrogens is 216 g/mol. The summed E-state index contributed by atoms with van der Waals surface area (Å²) in [4.78, 5) is 16.2. The van der Waals surface area contributed by atoms with Crippen molar-refractivity contribution in [1.29, 1.82) is 0 Å². The van der Waals surface area contributed by atoms with Crippen molar-refractivity contribution >= 4 is 11.4 Å². The van der Waals surface area contributed by atoms with Gasteiger partial charge in [0, 0.05) is 31.2 Å². The first kappa shape index (κ1) is 10.5. The molecule has 3 heterocycles. The van der Waals surface area contributed by atoms with Gasteiger partial charge in [-0.1, -0.05) is 6.07 Å². The monoisotopic (exact) mass is 230 g/mol. The first-order valence-electron chi connectivity index (χ1n) is 5.86. The molecule has 88 valence electrons. The molecule has 2 aromatic heterocycles. The summed E-state index contributed by atoms with van der Waals surface area (Å²) in [6.07, 6.45) is 5.17. The van der Waals surface area contributed by atoms with Crippen molar-refractivity contribution in [2.75, 3.05) is 13.2 Å². The Bertz CT molecular complexity index is 514. The number of nitrogens with zero attached hydrogens (tertiary/aromatic N) is 2. The number of pyridine rings is 1. The lowest BCUT2D eigenvalue weighted by Gasteiger charge is -2.19. The molecule has 0 spiro atoms. The Morgan fingerprint density at radius 3 is 3.24 bits per heavy atom. The average Bonchev–Trinajstić information content (AvgIpc) is 2.74. The second-order valence-corrected chi connectivity index (χ2v) is 4.39. The first-order chi connectivity index (χ1) is 8.33. The van der Waals surface area contributed by atoms with E-state index in [4.69, 9.17) is 4.74 Å². The molecule has 0 radical (unpaired) electrons. The summed E-state index contributed by atoms with van der Waals surface area (Å²) in [5.41, 5.74) is 1.88. The third-order valence-corrected chi connectivity index (χ3v) is 3.14. The van der Waals surface area contributed by atoms with Crippen LogP contribution in [0.5, 0.6) is 0 Å². The van der Waals surface area contributed by atoms with E-state index < -0.39 is 0 Å². The van der Waals surface area contributed by atoms with Gasteiger partial charge < -0.3 is 9.14 Å². The highest BCUT2D eigenvalue weighted by atomic mass is 16.5. The highest BCUT2D eigenvalue weighted by Gasteiger charge is 2.23. The van der Waals surface area contributed by atoms with Gasteiger partial charge in [0.05, 0.1) is 18.9 Å². The predicted octanol–water partition coefficient (Wildman–Crippen LogP) is 1.48. The highest BCUT2D eigenvalue weighted by molar-refractivity contribution is 5.82. The molecule has 0 aliphatic carbocycles. The molecule has 1 unspecified atom stereocenters. The molecule has 0 N–H and O–H groups in total. The number of rotatable bonds is 2. The van der Waals surface area contributed by atoms with E-state index in [0.717, 1.165) is 11.3 Å². The van der Waals surface area contributed by atoms with Crippen molar-refractivity contribution in [3.8, 4) is 0 Å². The second kappa shape index (κ2) is 4.30. The number of Topliss-reactive ketones (excluding diaryl/α,β-unsaturated/α-hetero) is 1. The predicted molar refractivity (Wildman–Crippen MR) is 62.8 cm³/mol. The van der Waals surface area contributed by atoms with Crippen molar-refractivity contribution in [3.63, 3.8) is 0 Å². The van der Waals surface area contributed by atoms with E-state index in [2.05, 4.69) is 4.98 Å². The van der Waals surface area contributed by atoms with E-state index in [0.29, 0.717) is 31.8 Å². The molecule has 0 bridgehead atoms. The molecule has 0 aromatic carbocycles. The van der Waals surface area contributed by atoms with Crippen LogP contribution in [0.1, 0.15) is 12.1 Å². The fourth-order valence-corrected chi connectivity index (χ4v) is 2.21. The Balaban J connectivity index is 1.82. The third-order valence-electron chi connectivity index (χ3n) is 3.14. The zero-order chi connectivity index (χ0) is 11.7. The van der Waals surface area contributed by atoms with Gasteiger partial charge in [-0.3, -0.25) is 4.79 Å². The van der Waals surface area contributed by atoms with Crippen molar-refractivity contribution < 1.29 is 9.53 Å². The lowest BCUT2D eigenvalue weighted by atomic mass is 9.96. The number of fused-ring (bicyclic) bond motifs is 1. The zero-order valence-electron chi connectivity index (χ0n) is 9.50. The largest absolute Gasteiger partial charge is 0.380 e. The SMILES string of the molecule is O=C1CCOCC1Cc1cn2ccccc2n1. The van der Waals surface area contributed by atoms with Crippen molar-refractivity contribution in [2.24, 2.45) is 5.92 Å². The smallest absolute Gasteiger partial charge is 0.140 e. The number of carbonyl (C=O) groups is 1. The second-order valence-electron chi connectivity index (χ2n) is 4.39. The first-order valence-corrected chi connectivity index (χ1v) is 5.86. The summed E-state index contributed by atoms with van der Waals surface area (Å²) in [7, 11) is 0. The van der Waals surface area contributed by atoms with Crippen LogP contribution in [0.4, 0.5) is 0 Å². The summed E-state index contributed by atoms with van der Waals surface area (Å²) in [5, 5.41) is 0. The lowest BCUT2D eigenvalue weighted by molar-refractivity contribution is -0.130. The number of imidazole rings is 1. The Kier molecular flexibility index (Phi) is 2.65. The number of hydrogen-bond donors (Lipinski definition) is 0. The molecule has 1 fully saturated rings. The minimum Gasteiger partial charge on any atom is -0.380 e. The van der Waals surface area contributed by atoms with Crippen LogP contribution in [0.15, 0.2) is 30.6 Å². The fraction of sp³-hybridized carbons (Fsp3) is 0.385. The maximum absolute atomic E-state index is 11.7. The van der Waals surface area contributed by atoms with E-state index in [1.165, 1.54) is 0 Å². The van der Waals surface area contributed by atoms with Gasteiger partial charge in [0.15, 0.2) is 0 Å². The summed E-state index contributed by atoms with van der Waals surface area (Å²) in [6.45, 7) is 1.10. The standard InChI is InChI=1S/C13H14N2O2/c16-12-4-6-17-9-10(12)7-11-8-15-5-2-1-3-13(15)14-11/h1-3,5,8,10H,4,6-7,9H2. The number of ketones is 1. The Morgan fingerprint density at radius 1 is 1.47 bits per heavy atom. The van der Waals surface area contributed by atoms with Gasteiger partial charge in [-0.25, -0.2) is 4.98 Å². The Labute approximate surface area is 99.2 Å². The van der Waals surface area contributed by atoms with E-state index in [1.54, 1.807) is 0 Å². The number of carbonyl (C=O) groups excluding carboxylic acids is 1. The molecule has 2 aromatic rings. The van der Waals surface area contributed by atoms with Crippen LogP contribution in [0, 0.1) is 5.92 Å². The van der Waals surface area contributed by atoms with E-state index in [1.807, 2.05) is 35.0 Å². The summed E-state index contributed by atoms with van der Waals surface area (Å²) < 4.78 is 7.32. The normalized spacial score (nSPS) is 20.9. The van der Waals surface area contributed by atoms with Crippen LogP contribution in [-0.2, 0) is 16.0 Å². The minimum absolute atomic E-state index is 0.0198. The van der Waals surface area contributed by atoms with Crippen LogP contribution in [-0.4, -0.2) is 28.4 Å². The number of hydrogen-bond acceptors (Lipinski definition) is 3. The maximum Gasteiger partial charge on any atom is 0.140 e. The van der Waals surface area contributed by atoms with Crippen molar-refractivity contribution in [3.05, 3.63) is 36.3 Å². The number of aromatic nitrogens is 2. The van der Waals surface area contributed by atoms with Crippen LogP contribution < -0.4 is 0 Å². The molecule has 4 nitrogen and oxygen atoms in total. The molecule has 1 aliphatic rings. The quantitative estimate of drug-likeness (QED) is 0.785. The van der Waals surface area contributed by atoms with Crippen molar-refractivity contribution in [2.45, 2.75) is 12.8 Å². The van der Waals surface area contributed by atoms with Gasteiger partial charge in [-0.15, -0.1) is 0 Å². The molecule has 4 heteroatoms. The highest BCUT2D eigenvalue weighted by Crippen LogP contribution is 2.16. The van der Waals surface area contributed by atoms with E-state index in [-0.39, 0.29) is 5.92 Å². The molecule has 17 heavy (non-hydrogen) atoms. The molecule has 1 aliphatic heterocycles. The van der Waals surface area contributed by atoms with E-state index >= 15 is 0 Å². The topological polar surface area (TPSA) is 43.6 Å². The van der Waals surface area contributed by atoms with Gasteiger partial charge in [0.1, 0.15) is 11.4 Å². The summed E-state index contributed by atoms with van der Waals surface area (Å²) >= 11 is 0. The summed E-state index contributed by atoms with van der Waals surface area (Å²) in [5.74, 6) is 0.280. The van der Waals surface area contributed by atoms with Crippen LogP contribution in [0.2, 0.25) is 0 Å². The molecule has 1 saturated heterocycles. The van der Waals surface area contributed by atoms with Crippen LogP contribution in [0.3, 0.4) is 0 Å². The van der Waals surface area contributed by atoms with Gasteiger partial charge >= 0.3 is 0 Å². The molecular formula is C13H14N2O2. The zero-order valence-corrected chi connectivity index (χ0v) is 9.50. The van der Waals surface area contributed by atoms with Gasteiger partial charge in [0.25, 0.3) is 0 Å². The van der Waals surface area contributed by atoms with E-state index in [9.17, 15) is 4.79 Å². The van der Waals surface area contributed by atoms with Crippen molar-refractivity contribution in [1.82, 2.24) is 9.38 Å². The van der Waals surface area contributed by atoms with Gasteiger partial charge in [-0.2, -0.15) is 0 Å². The minimum atomic E-state index is -0.0198. The maximum atomic E-state index is 11.7. The molecule has 3 rings (SSSR count). The third kappa shape index (κ3) is 2.08. The Morgan fingerprint density at radius 2 is 2.41 bits per heavy atom. The van der Waals surface area contributed by atoms with Crippen LogP contribution >= 0.6 is 0 Å². The fourth-order valence-electron chi connectivity index (χ4n) is 2.21. The summed E-state index contributed by atoms with van der Waals surface area (Å²) in [6, 6.07) is 5.89.